The second kappa shape index (κ2) is 5.05. The topological polar surface area (TPSA) is 12.0 Å². The highest BCUT2D eigenvalue weighted by molar-refractivity contribution is 7.12. The number of hydrogen-bond acceptors (Lipinski definition) is 2. The molecule has 1 atom stereocenters. The van der Waals surface area contributed by atoms with Gasteiger partial charge in [-0.15, -0.1) is 11.3 Å². The summed E-state index contributed by atoms with van der Waals surface area (Å²) in [4.78, 5) is 2.82. The summed E-state index contributed by atoms with van der Waals surface area (Å²) in [6.45, 7) is 2.17. The summed E-state index contributed by atoms with van der Waals surface area (Å²) in [5.74, 6) is 0. The number of aryl methyl sites for hydroxylation is 1. The molecule has 0 saturated carbocycles. The molecule has 2 heterocycles. The summed E-state index contributed by atoms with van der Waals surface area (Å²) in [6, 6.07) is 22.3. The van der Waals surface area contributed by atoms with Crippen LogP contribution in [0.25, 0.3) is 11.1 Å². The Labute approximate surface area is 129 Å². The number of thiophene rings is 1. The van der Waals surface area contributed by atoms with Gasteiger partial charge in [0.1, 0.15) is 0 Å². The molecule has 0 saturated heterocycles. The highest BCUT2D eigenvalue weighted by Gasteiger charge is 2.23. The van der Waals surface area contributed by atoms with Gasteiger partial charge in [-0.3, -0.25) is 0 Å². The highest BCUT2D eigenvalue weighted by atomic mass is 32.1. The summed E-state index contributed by atoms with van der Waals surface area (Å²) in [7, 11) is 0. The summed E-state index contributed by atoms with van der Waals surface area (Å²) in [6.07, 6.45) is 1.08. The number of fused-ring (bicyclic) bond motifs is 1. The Kier molecular flexibility index (Phi) is 3.04. The molecule has 104 valence electrons. The third-order valence-corrected chi connectivity index (χ3v) is 5.19. The fraction of sp³-hybridized carbons (Fsp3) is 0.158. The first-order chi connectivity index (χ1) is 10.3. The molecule has 0 bridgehead atoms. The summed E-state index contributed by atoms with van der Waals surface area (Å²) in [5, 5.41) is 3.65. The van der Waals surface area contributed by atoms with E-state index in [-0.39, 0.29) is 0 Å². The van der Waals surface area contributed by atoms with Crippen LogP contribution in [0.1, 0.15) is 21.4 Å². The first-order valence-electron chi connectivity index (χ1n) is 7.31. The number of benzene rings is 2. The van der Waals surface area contributed by atoms with E-state index in [0.29, 0.717) is 6.04 Å². The molecule has 2 heteroatoms. The third kappa shape index (κ3) is 2.36. The van der Waals surface area contributed by atoms with E-state index >= 15 is 0 Å². The largest absolute Gasteiger partial charge is 0.377 e. The molecule has 21 heavy (non-hydrogen) atoms. The van der Waals surface area contributed by atoms with Crippen LogP contribution in [-0.2, 0) is 6.42 Å². The van der Waals surface area contributed by atoms with Crippen molar-refractivity contribution in [2.45, 2.75) is 19.4 Å². The maximum absolute atomic E-state index is 3.65. The fourth-order valence-electron chi connectivity index (χ4n) is 2.98. The maximum Gasteiger partial charge on any atom is 0.0647 e. The van der Waals surface area contributed by atoms with Crippen molar-refractivity contribution in [3.63, 3.8) is 0 Å². The predicted octanol–water partition coefficient (Wildman–Crippen LogP) is 5.43. The number of nitrogens with one attached hydrogen (secondary N) is 1. The van der Waals surface area contributed by atoms with E-state index in [1.54, 1.807) is 0 Å². The third-order valence-electron chi connectivity index (χ3n) is 4.07. The maximum atomic E-state index is 3.65. The highest BCUT2D eigenvalue weighted by Crippen LogP contribution is 2.38. The molecule has 0 amide bonds. The van der Waals surface area contributed by atoms with Crippen LogP contribution in [0.4, 0.5) is 5.69 Å². The van der Waals surface area contributed by atoms with Crippen molar-refractivity contribution >= 4 is 17.0 Å². The van der Waals surface area contributed by atoms with Gasteiger partial charge < -0.3 is 5.32 Å². The van der Waals surface area contributed by atoms with Crippen molar-refractivity contribution in [2.24, 2.45) is 0 Å². The van der Waals surface area contributed by atoms with E-state index in [0.717, 1.165) is 6.42 Å². The summed E-state index contributed by atoms with van der Waals surface area (Å²) < 4.78 is 0. The first-order valence-corrected chi connectivity index (χ1v) is 8.12. The van der Waals surface area contributed by atoms with Gasteiger partial charge in [0.15, 0.2) is 0 Å². The molecule has 1 N–H and O–H groups in total. The second-order valence-electron chi connectivity index (χ2n) is 5.59. The molecule has 0 radical (unpaired) electrons. The van der Waals surface area contributed by atoms with Gasteiger partial charge in [-0.1, -0.05) is 36.4 Å². The Morgan fingerprint density at radius 3 is 2.57 bits per heavy atom. The van der Waals surface area contributed by atoms with Gasteiger partial charge >= 0.3 is 0 Å². The molecule has 1 nitrogen and oxygen atoms in total. The Hall–Kier alpha value is -2.06. The van der Waals surface area contributed by atoms with Crippen LogP contribution < -0.4 is 5.32 Å². The smallest absolute Gasteiger partial charge is 0.0647 e. The van der Waals surface area contributed by atoms with Crippen molar-refractivity contribution in [2.75, 3.05) is 5.32 Å². The van der Waals surface area contributed by atoms with E-state index in [1.807, 2.05) is 11.3 Å². The molecule has 0 spiro atoms. The van der Waals surface area contributed by atoms with Crippen molar-refractivity contribution < 1.29 is 0 Å². The SMILES string of the molecule is Cc1ccc(C2Cc3cc(-c4ccccc4)ccc3N2)s1. The molecule has 1 unspecified atom stereocenters. The van der Waals surface area contributed by atoms with E-state index in [9.17, 15) is 0 Å². The lowest BCUT2D eigenvalue weighted by Gasteiger charge is -2.08. The van der Waals surface area contributed by atoms with Crippen molar-refractivity contribution in [3.8, 4) is 11.1 Å². The summed E-state index contributed by atoms with van der Waals surface area (Å²) in [5.41, 5.74) is 5.30. The molecule has 3 aromatic rings. The molecule has 4 rings (SSSR count). The molecule has 0 fully saturated rings. The standard InChI is InChI=1S/C19H17NS/c1-13-7-10-19(21-13)18-12-16-11-15(8-9-17(16)20-18)14-5-3-2-4-6-14/h2-11,18,20H,12H2,1H3. The molecule has 1 aliphatic heterocycles. The molecule has 1 aromatic heterocycles. The normalized spacial score (nSPS) is 16.5. The van der Waals surface area contributed by atoms with Crippen LogP contribution in [0.5, 0.6) is 0 Å². The molecule has 1 aliphatic rings. The van der Waals surface area contributed by atoms with Crippen LogP contribution in [0, 0.1) is 6.92 Å². The molecule has 0 aliphatic carbocycles. The Morgan fingerprint density at radius 1 is 0.952 bits per heavy atom. The van der Waals surface area contributed by atoms with Gasteiger partial charge in [-0.05, 0) is 54.3 Å². The van der Waals surface area contributed by atoms with Crippen molar-refractivity contribution in [1.29, 1.82) is 0 Å². The van der Waals surface area contributed by atoms with E-state index in [2.05, 4.69) is 72.9 Å². The minimum atomic E-state index is 0.435. The van der Waals surface area contributed by atoms with E-state index in [4.69, 9.17) is 0 Å². The minimum Gasteiger partial charge on any atom is -0.377 e. The van der Waals surface area contributed by atoms with Gasteiger partial charge in [0, 0.05) is 15.4 Å². The summed E-state index contributed by atoms with van der Waals surface area (Å²) >= 11 is 1.89. The van der Waals surface area contributed by atoms with Crippen LogP contribution in [0.3, 0.4) is 0 Å². The monoisotopic (exact) mass is 291 g/mol. The fourth-order valence-corrected chi connectivity index (χ4v) is 3.91. The van der Waals surface area contributed by atoms with Gasteiger partial charge in [0.2, 0.25) is 0 Å². The van der Waals surface area contributed by atoms with Gasteiger partial charge in [0.25, 0.3) is 0 Å². The van der Waals surface area contributed by atoms with Gasteiger partial charge in [0.05, 0.1) is 6.04 Å². The van der Waals surface area contributed by atoms with Crippen LogP contribution in [-0.4, -0.2) is 0 Å². The Morgan fingerprint density at radius 2 is 1.81 bits per heavy atom. The van der Waals surface area contributed by atoms with Gasteiger partial charge in [-0.2, -0.15) is 0 Å². The lowest BCUT2D eigenvalue weighted by molar-refractivity contribution is 0.843. The average molecular weight is 291 g/mol. The Balaban J connectivity index is 1.65. The van der Waals surface area contributed by atoms with Gasteiger partial charge in [-0.25, -0.2) is 0 Å². The van der Waals surface area contributed by atoms with E-state index < -0.39 is 0 Å². The molecular formula is C19H17NS. The number of rotatable bonds is 2. The predicted molar refractivity (Wildman–Crippen MR) is 91.0 cm³/mol. The van der Waals surface area contributed by atoms with Crippen LogP contribution in [0.15, 0.2) is 60.7 Å². The minimum absolute atomic E-state index is 0.435. The number of anilines is 1. The van der Waals surface area contributed by atoms with E-state index in [1.165, 1.54) is 32.1 Å². The lowest BCUT2D eigenvalue weighted by Crippen LogP contribution is -2.02. The second-order valence-corrected chi connectivity index (χ2v) is 6.91. The zero-order chi connectivity index (χ0) is 14.2. The zero-order valence-corrected chi connectivity index (χ0v) is 12.8. The quantitative estimate of drug-likeness (QED) is 0.663. The van der Waals surface area contributed by atoms with Crippen LogP contribution >= 0.6 is 11.3 Å². The Bertz CT molecular complexity index is 773. The molecule has 2 aromatic carbocycles. The van der Waals surface area contributed by atoms with Crippen molar-refractivity contribution in [1.82, 2.24) is 0 Å². The zero-order valence-electron chi connectivity index (χ0n) is 12.0. The lowest BCUT2D eigenvalue weighted by atomic mass is 10.0. The van der Waals surface area contributed by atoms with Crippen LogP contribution in [0.2, 0.25) is 0 Å². The average Bonchev–Trinajstić information content (AvgIpc) is 3.13. The van der Waals surface area contributed by atoms with Crippen molar-refractivity contribution in [3.05, 3.63) is 76.0 Å². The first kappa shape index (κ1) is 12.7. The molecular weight excluding hydrogens is 274 g/mol. The number of hydrogen-bond donors (Lipinski definition) is 1.